The molecule has 1 fully saturated rings. The molecule has 0 saturated heterocycles. The van der Waals surface area contributed by atoms with Crippen molar-refractivity contribution in [2.45, 2.75) is 36.3 Å². The Bertz CT molecular complexity index is 883. The van der Waals surface area contributed by atoms with Crippen LogP contribution < -0.4 is 20.1 Å². The first kappa shape index (κ1) is 21.0. The molecule has 0 bridgehead atoms. The summed E-state index contributed by atoms with van der Waals surface area (Å²) in [7, 11) is 3.14. The molecule has 3 rings (SSSR count). The summed E-state index contributed by atoms with van der Waals surface area (Å²) in [6.07, 6.45) is 2.58. The van der Waals surface area contributed by atoms with Crippen molar-refractivity contribution in [2.75, 3.05) is 24.9 Å². The molecule has 0 radical (unpaired) electrons. The van der Waals surface area contributed by atoms with Gasteiger partial charge in [0.2, 0.25) is 11.8 Å². The molecule has 1 aliphatic rings. The average molecular weight is 415 g/mol. The first-order valence-corrected chi connectivity index (χ1v) is 10.5. The van der Waals surface area contributed by atoms with Crippen LogP contribution in [0.5, 0.6) is 11.5 Å². The number of nitrogens with one attached hydrogen (secondary N) is 2. The summed E-state index contributed by atoms with van der Waals surface area (Å²) >= 11 is 1.47. The zero-order chi connectivity index (χ0) is 20.8. The molecule has 6 nitrogen and oxygen atoms in total. The van der Waals surface area contributed by atoms with E-state index in [0.717, 1.165) is 23.4 Å². The van der Waals surface area contributed by atoms with E-state index in [4.69, 9.17) is 9.47 Å². The van der Waals surface area contributed by atoms with Gasteiger partial charge in [-0.1, -0.05) is 13.0 Å². The maximum atomic E-state index is 12.9. The third kappa shape index (κ3) is 5.67. The SMILES string of the molecule is CCC(Sc1cccc(NC(=O)C2CC2)c1)C(=O)Nc1cc(OC)ccc1OC. The van der Waals surface area contributed by atoms with Crippen LogP contribution in [0, 0.1) is 5.92 Å². The van der Waals surface area contributed by atoms with Crippen molar-refractivity contribution >= 4 is 35.0 Å². The van der Waals surface area contributed by atoms with Crippen LogP contribution in [0.3, 0.4) is 0 Å². The third-order valence-electron chi connectivity index (χ3n) is 4.66. The molecule has 2 aromatic rings. The van der Waals surface area contributed by atoms with E-state index in [1.54, 1.807) is 32.4 Å². The molecule has 1 unspecified atom stereocenters. The lowest BCUT2D eigenvalue weighted by Gasteiger charge is -2.17. The molecule has 2 amide bonds. The van der Waals surface area contributed by atoms with E-state index >= 15 is 0 Å². The van der Waals surface area contributed by atoms with Gasteiger partial charge in [-0.05, 0) is 49.6 Å². The molecular formula is C22H26N2O4S. The Balaban J connectivity index is 1.68. The van der Waals surface area contributed by atoms with Gasteiger partial charge >= 0.3 is 0 Å². The predicted molar refractivity (Wildman–Crippen MR) is 116 cm³/mol. The molecule has 2 aromatic carbocycles. The van der Waals surface area contributed by atoms with E-state index in [2.05, 4.69) is 10.6 Å². The van der Waals surface area contributed by atoms with Crippen LogP contribution in [0.25, 0.3) is 0 Å². The van der Waals surface area contributed by atoms with Crippen LogP contribution in [0.15, 0.2) is 47.4 Å². The molecule has 2 N–H and O–H groups in total. The number of hydrogen-bond donors (Lipinski definition) is 2. The van der Waals surface area contributed by atoms with Crippen molar-refractivity contribution in [3.05, 3.63) is 42.5 Å². The van der Waals surface area contributed by atoms with E-state index in [0.29, 0.717) is 23.6 Å². The summed E-state index contributed by atoms with van der Waals surface area (Å²) in [6, 6.07) is 12.9. The summed E-state index contributed by atoms with van der Waals surface area (Å²) in [5.41, 5.74) is 1.33. The summed E-state index contributed by atoms with van der Waals surface area (Å²) < 4.78 is 10.6. The van der Waals surface area contributed by atoms with Gasteiger partial charge in [0.25, 0.3) is 0 Å². The van der Waals surface area contributed by atoms with Crippen LogP contribution in [-0.2, 0) is 9.59 Å². The fourth-order valence-electron chi connectivity index (χ4n) is 2.85. The van der Waals surface area contributed by atoms with Crippen LogP contribution in [0.1, 0.15) is 26.2 Å². The van der Waals surface area contributed by atoms with Crippen LogP contribution in [-0.4, -0.2) is 31.3 Å². The van der Waals surface area contributed by atoms with Crippen molar-refractivity contribution in [1.29, 1.82) is 0 Å². The molecule has 0 spiro atoms. The van der Waals surface area contributed by atoms with Crippen molar-refractivity contribution in [3.8, 4) is 11.5 Å². The average Bonchev–Trinajstić information content (AvgIpc) is 3.57. The third-order valence-corrected chi connectivity index (χ3v) is 6.01. The van der Waals surface area contributed by atoms with Crippen LogP contribution >= 0.6 is 11.8 Å². The standard InChI is InChI=1S/C22H26N2O4S/c1-4-20(22(26)24-18-13-16(27-2)10-11-19(18)28-3)29-17-7-5-6-15(12-17)23-21(25)14-8-9-14/h5-7,10-14,20H,4,8-9H2,1-3H3,(H,23,25)(H,24,26). The van der Waals surface area contributed by atoms with Gasteiger partial charge in [0, 0.05) is 22.6 Å². The van der Waals surface area contributed by atoms with Gasteiger partial charge in [-0.15, -0.1) is 11.8 Å². The first-order valence-electron chi connectivity index (χ1n) is 9.64. The summed E-state index contributed by atoms with van der Waals surface area (Å²) in [5.74, 6) is 1.32. The Hall–Kier alpha value is -2.67. The zero-order valence-electron chi connectivity index (χ0n) is 16.9. The van der Waals surface area contributed by atoms with Crippen molar-refractivity contribution in [3.63, 3.8) is 0 Å². The zero-order valence-corrected chi connectivity index (χ0v) is 17.7. The molecule has 1 atom stereocenters. The number of benzene rings is 2. The van der Waals surface area contributed by atoms with Gasteiger partial charge in [-0.3, -0.25) is 9.59 Å². The lowest BCUT2D eigenvalue weighted by atomic mass is 10.2. The van der Waals surface area contributed by atoms with Gasteiger partial charge in [0.15, 0.2) is 0 Å². The Kier molecular flexibility index (Phi) is 7.04. The van der Waals surface area contributed by atoms with Gasteiger partial charge in [-0.2, -0.15) is 0 Å². The molecule has 0 aromatic heterocycles. The second kappa shape index (κ2) is 9.69. The van der Waals surface area contributed by atoms with E-state index in [1.807, 2.05) is 31.2 Å². The smallest absolute Gasteiger partial charge is 0.237 e. The van der Waals surface area contributed by atoms with Crippen molar-refractivity contribution in [2.24, 2.45) is 5.92 Å². The molecule has 7 heteroatoms. The number of amides is 2. The van der Waals surface area contributed by atoms with E-state index in [1.165, 1.54) is 11.8 Å². The fourth-order valence-corrected chi connectivity index (χ4v) is 3.86. The Morgan fingerprint density at radius 1 is 1.10 bits per heavy atom. The maximum Gasteiger partial charge on any atom is 0.237 e. The fraction of sp³-hybridized carbons (Fsp3) is 0.364. The Labute approximate surface area is 175 Å². The van der Waals surface area contributed by atoms with Gasteiger partial charge in [0.05, 0.1) is 25.2 Å². The lowest BCUT2D eigenvalue weighted by Crippen LogP contribution is -2.24. The summed E-state index contributed by atoms with van der Waals surface area (Å²) in [6.45, 7) is 1.97. The Morgan fingerprint density at radius 3 is 2.55 bits per heavy atom. The highest BCUT2D eigenvalue weighted by Gasteiger charge is 2.29. The number of carbonyl (C=O) groups is 2. The Morgan fingerprint density at radius 2 is 1.90 bits per heavy atom. The highest BCUT2D eigenvalue weighted by Crippen LogP contribution is 2.33. The number of carbonyl (C=O) groups excluding carboxylic acids is 2. The highest BCUT2D eigenvalue weighted by molar-refractivity contribution is 8.00. The van der Waals surface area contributed by atoms with E-state index < -0.39 is 0 Å². The molecule has 0 heterocycles. The van der Waals surface area contributed by atoms with Crippen LogP contribution in [0.2, 0.25) is 0 Å². The number of thioether (sulfide) groups is 1. The first-order chi connectivity index (χ1) is 14.0. The monoisotopic (exact) mass is 414 g/mol. The molecule has 0 aliphatic heterocycles. The second-order valence-corrected chi connectivity index (χ2v) is 8.14. The van der Waals surface area contributed by atoms with E-state index in [9.17, 15) is 9.59 Å². The maximum absolute atomic E-state index is 12.9. The van der Waals surface area contributed by atoms with Crippen molar-refractivity contribution < 1.29 is 19.1 Å². The quantitative estimate of drug-likeness (QED) is 0.588. The second-order valence-electron chi connectivity index (χ2n) is 6.86. The van der Waals surface area contributed by atoms with Gasteiger partial charge < -0.3 is 20.1 Å². The number of methoxy groups -OCH3 is 2. The summed E-state index contributed by atoms with van der Waals surface area (Å²) in [5, 5.41) is 5.60. The van der Waals surface area contributed by atoms with Gasteiger partial charge in [-0.25, -0.2) is 0 Å². The summed E-state index contributed by atoms with van der Waals surface area (Å²) in [4.78, 5) is 25.8. The molecule has 1 aliphatic carbocycles. The highest BCUT2D eigenvalue weighted by atomic mass is 32.2. The van der Waals surface area contributed by atoms with Gasteiger partial charge in [0.1, 0.15) is 11.5 Å². The lowest BCUT2D eigenvalue weighted by molar-refractivity contribution is -0.117. The van der Waals surface area contributed by atoms with E-state index in [-0.39, 0.29) is 23.0 Å². The minimum Gasteiger partial charge on any atom is -0.497 e. The molecular weight excluding hydrogens is 388 g/mol. The largest absolute Gasteiger partial charge is 0.497 e. The predicted octanol–water partition coefficient (Wildman–Crippen LogP) is 4.56. The number of rotatable bonds is 9. The molecule has 29 heavy (non-hydrogen) atoms. The minimum absolute atomic E-state index is 0.0713. The number of hydrogen-bond acceptors (Lipinski definition) is 5. The minimum atomic E-state index is -0.291. The van der Waals surface area contributed by atoms with Crippen LogP contribution in [0.4, 0.5) is 11.4 Å². The topological polar surface area (TPSA) is 76.7 Å². The molecule has 154 valence electrons. The number of ether oxygens (including phenoxy) is 2. The molecule has 1 saturated carbocycles. The normalized spacial score (nSPS) is 14.0. The number of anilines is 2. The van der Waals surface area contributed by atoms with Crippen molar-refractivity contribution in [1.82, 2.24) is 0 Å².